The molecule has 9 nitrogen and oxygen atoms in total. The van der Waals surface area contributed by atoms with Crippen molar-refractivity contribution >= 4 is 21.9 Å². The molecule has 2 rings (SSSR count). The van der Waals surface area contributed by atoms with E-state index in [1.165, 1.54) is 21.5 Å². The molecule has 0 radical (unpaired) electrons. The van der Waals surface area contributed by atoms with Gasteiger partial charge >= 0.3 is 5.97 Å². The number of nitrogens with one attached hydrogen (secondary N) is 1. The molecule has 10 heteroatoms. The Hall–Kier alpha value is -1.94. The van der Waals surface area contributed by atoms with Crippen molar-refractivity contribution in [2.75, 3.05) is 39.0 Å². The van der Waals surface area contributed by atoms with E-state index in [1.807, 2.05) is 0 Å². The van der Waals surface area contributed by atoms with Gasteiger partial charge < -0.3 is 9.64 Å². The number of ether oxygens (including phenoxy) is 1. The van der Waals surface area contributed by atoms with Gasteiger partial charge in [-0.15, -0.1) is 0 Å². The summed E-state index contributed by atoms with van der Waals surface area (Å²) in [6, 6.07) is 1.44. The van der Waals surface area contributed by atoms with Gasteiger partial charge in [0.2, 0.25) is 10.0 Å². The number of nitrogens with zero attached hydrogens (tertiary/aromatic N) is 3. The van der Waals surface area contributed by atoms with Gasteiger partial charge in [0, 0.05) is 32.4 Å². The predicted octanol–water partition coefficient (Wildman–Crippen LogP) is -1.33. The van der Waals surface area contributed by atoms with Crippen LogP contribution in [-0.2, 0) is 19.6 Å². The third kappa shape index (κ3) is 4.02. The predicted molar refractivity (Wildman–Crippen MR) is 71.9 cm³/mol. The van der Waals surface area contributed by atoms with E-state index in [9.17, 15) is 18.0 Å². The number of H-pyrrole nitrogens is 1. The van der Waals surface area contributed by atoms with E-state index in [0.717, 1.165) is 6.26 Å². The summed E-state index contributed by atoms with van der Waals surface area (Å²) in [6.45, 7) is 0.690. The van der Waals surface area contributed by atoms with E-state index in [4.69, 9.17) is 4.74 Å². The average molecular weight is 316 g/mol. The van der Waals surface area contributed by atoms with Crippen LogP contribution >= 0.6 is 0 Å². The molecule has 1 aliphatic rings. The lowest BCUT2D eigenvalue weighted by atomic mass is 10.3. The van der Waals surface area contributed by atoms with E-state index < -0.39 is 16.0 Å². The fourth-order valence-electron chi connectivity index (χ4n) is 1.94. The molecule has 1 aromatic heterocycles. The summed E-state index contributed by atoms with van der Waals surface area (Å²) >= 11 is 0. The zero-order valence-corrected chi connectivity index (χ0v) is 12.3. The number of hydrogen-bond donors (Lipinski definition) is 1. The second-order valence-corrected chi connectivity index (χ2v) is 6.57. The molecular weight excluding hydrogens is 300 g/mol. The summed E-state index contributed by atoms with van der Waals surface area (Å²) in [6.07, 6.45) is 2.54. The van der Waals surface area contributed by atoms with Crippen molar-refractivity contribution in [1.29, 1.82) is 0 Å². The number of sulfonamides is 1. The lowest BCUT2D eigenvalue weighted by molar-refractivity contribution is -0.135. The Kier molecular flexibility index (Phi) is 4.58. The molecule has 1 amide bonds. The van der Waals surface area contributed by atoms with Gasteiger partial charge in [-0.1, -0.05) is 0 Å². The van der Waals surface area contributed by atoms with Crippen LogP contribution in [0, 0.1) is 0 Å². The Bertz CT molecular complexity index is 605. The smallest absolute Gasteiger partial charge is 0.356 e. The van der Waals surface area contributed by atoms with Crippen LogP contribution in [0.2, 0.25) is 0 Å². The Labute approximate surface area is 121 Å². The zero-order chi connectivity index (χ0) is 15.5. The maximum absolute atomic E-state index is 11.9. The Morgan fingerprint density at radius 2 is 2.00 bits per heavy atom. The van der Waals surface area contributed by atoms with Crippen molar-refractivity contribution in [1.82, 2.24) is 19.4 Å². The maximum Gasteiger partial charge on any atom is 0.356 e. The van der Waals surface area contributed by atoms with Crippen molar-refractivity contribution in [3.8, 4) is 0 Å². The third-order valence-electron chi connectivity index (χ3n) is 3.11. The molecule has 0 bridgehead atoms. The molecule has 1 N–H and O–H groups in total. The van der Waals surface area contributed by atoms with Crippen LogP contribution < -0.4 is 0 Å². The normalized spacial score (nSPS) is 16.7. The van der Waals surface area contributed by atoms with Gasteiger partial charge in [0.05, 0.1) is 6.26 Å². The lowest BCUT2D eigenvalue weighted by Crippen LogP contribution is -2.51. The minimum atomic E-state index is -3.23. The summed E-state index contributed by atoms with van der Waals surface area (Å²) < 4.78 is 28.9. The quantitative estimate of drug-likeness (QED) is 0.689. The van der Waals surface area contributed by atoms with Crippen molar-refractivity contribution in [2.45, 2.75) is 0 Å². The highest BCUT2D eigenvalue weighted by molar-refractivity contribution is 7.88. The molecule has 1 aromatic rings. The molecule has 0 aliphatic carbocycles. The third-order valence-corrected chi connectivity index (χ3v) is 4.41. The summed E-state index contributed by atoms with van der Waals surface area (Å²) in [5.41, 5.74) is 0.171. The van der Waals surface area contributed by atoms with Gasteiger partial charge in [-0.05, 0) is 6.07 Å². The molecule has 116 valence electrons. The number of piperazine rings is 1. The molecule has 0 spiro atoms. The molecule has 0 unspecified atom stereocenters. The zero-order valence-electron chi connectivity index (χ0n) is 11.5. The first-order valence-electron chi connectivity index (χ1n) is 6.27. The first-order valence-corrected chi connectivity index (χ1v) is 8.12. The van der Waals surface area contributed by atoms with Crippen LogP contribution in [0.5, 0.6) is 0 Å². The molecule has 1 saturated heterocycles. The summed E-state index contributed by atoms with van der Waals surface area (Å²) in [5.74, 6) is -1.01. The second-order valence-electron chi connectivity index (χ2n) is 4.59. The van der Waals surface area contributed by atoms with Crippen LogP contribution in [-0.4, -0.2) is 78.7 Å². The molecular formula is C11H16N4O5S. The number of aromatic nitrogens is 2. The summed E-state index contributed by atoms with van der Waals surface area (Å²) in [5, 5.41) is 6.05. The van der Waals surface area contributed by atoms with Crippen LogP contribution in [0.25, 0.3) is 0 Å². The summed E-state index contributed by atoms with van der Waals surface area (Å²) in [7, 11) is -3.23. The number of carbonyl (C=O) groups is 2. The molecule has 0 aromatic carbocycles. The first kappa shape index (κ1) is 15.4. The molecule has 1 fully saturated rings. The van der Waals surface area contributed by atoms with Gasteiger partial charge in [0.1, 0.15) is 5.69 Å². The molecule has 0 atom stereocenters. The Morgan fingerprint density at radius 3 is 2.52 bits per heavy atom. The monoisotopic (exact) mass is 316 g/mol. The standard InChI is InChI=1S/C11H16N4O5S/c1-21(18,19)15-6-4-14(5-7-15)10(16)8-20-11(17)9-2-3-12-13-9/h2-3H,4-8H2,1H3,(H,12,13). The van der Waals surface area contributed by atoms with Crippen LogP contribution in [0.15, 0.2) is 12.3 Å². The van der Waals surface area contributed by atoms with Crippen LogP contribution in [0.1, 0.15) is 10.5 Å². The number of hydrogen-bond acceptors (Lipinski definition) is 6. The van der Waals surface area contributed by atoms with E-state index >= 15 is 0 Å². The lowest BCUT2D eigenvalue weighted by Gasteiger charge is -2.33. The van der Waals surface area contributed by atoms with Crippen LogP contribution in [0.4, 0.5) is 0 Å². The van der Waals surface area contributed by atoms with Crippen LogP contribution in [0.3, 0.4) is 0 Å². The van der Waals surface area contributed by atoms with Gasteiger partial charge in [0.15, 0.2) is 6.61 Å². The maximum atomic E-state index is 11.9. The van der Waals surface area contributed by atoms with E-state index in [0.29, 0.717) is 0 Å². The Morgan fingerprint density at radius 1 is 1.33 bits per heavy atom. The first-order chi connectivity index (χ1) is 9.88. The van der Waals surface area contributed by atoms with Crippen molar-refractivity contribution in [3.05, 3.63) is 18.0 Å². The van der Waals surface area contributed by atoms with Crippen molar-refractivity contribution in [3.63, 3.8) is 0 Å². The number of rotatable bonds is 4. The fraction of sp³-hybridized carbons (Fsp3) is 0.545. The minimum Gasteiger partial charge on any atom is -0.451 e. The molecule has 2 heterocycles. The number of aromatic amines is 1. The minimum absolute atomic E-state index is 0.171. The van der Waals surface area contributed by atoms with Gasteiger partial charge in [0.25, 0.3) is 5.91 Å². The van der Waals surface area contributed by atoms with Gasteiger partial charge in [-0.25, -0.2) is 13.2 Å². The highest BCUT2D eigenvalue weighted by Gasteiger charge is 2.26. The van der Waals surface area contributed by atoms with Crippen molar-refractivity contribution < 1.29 is 22.7 Å². The van der Waals surface area contributed by atoms with Gasteiger partial charge in [-0.2, -0.15) is 9.40 Å². The SMILES string of the molecule is CS(=O)(=O)N1CCN(C(=O)COC(=O)c2ccn[nH]2)CC1. The van der Waals surface area contributed by atoms with E-state index in [-0.39, 0.29) is 44.4 Å². The molecule has 1 aliphatic heterocycles. The topological polar surface area (TPSA) is 113 Å². The highest BCUT2D eigenvalue weighted by Crippen LogP contribution is 2.06. The number of esters is 1. The van der Waals surface area contributed by atoms with Crippen molar-refractivity contribution in [2.24, 2.45) is 0 Å². The largest absolute Gasteiger partial charge is 0.451 e. The van der Waals surface area contributed by atoms with Gasteiger partial charge in [-0.3, -0.25) is 9.89 Å². The summed E-state index contributed by atoms with van der Waals surface area (Å²) in [4.78, 5) is 24.9. The van der Waals surface area contributed by atoms with E-state index in [1.54, 1.807) is 0 Å². The van der Waals surface area contributed by atoms with E-state index in [2.05, 4.69) is 10.2 Å². The number of carbonyl (C=O) groups excluding carboxylic acids is 2. The fourth-order valence-corrected chi connectivity index (χ4v) is 2.76. The molecule has 0 saturated carbocycles. The Balaban J connectivity index is 1.79. The second kappa shape index (κ2) is 6.22. The number of amides is 1. The average Bonchev–Trinajstić information content (AvgIpc) is 2.98. The molecule has 21 heavy (non-hydrogen) atoms. The highest BCUT2D eigenvalue weighted by atomic mass is 32.2.